The molecule has 1 fully saturated rings. The molecule has 0 spiro atoms. The maximum atomic E-state index is 12.9. The van der Waals surface area contributed by atoms with E-state index in [1.54, 1.807) is 29.2 Å². The van der Waals surface area contributed by atoms with Crippen LogP contribution in [0.15, 0.2) is 47.5 Å². The number of aryl methyl sites for hydroxylation is 2. The van der Waals surface area contributed by atoms with Crippen molar-refractivity contribution < 1.29 is 19.1 Å². The van der Waals surface area contributed by atoms with Gasteiger partial charge in [0.05, 0.1) is 11.4 Å². The molecule has 7 nitrogen and oxygen atoms in total. The fourth-order valence-corrected chi connectivity index (χ4v) is 4.36. The van der Waals surface area contributed by atoms with Crippen molar-refractivity contribution in [1.82, 2.24) is 4.90 Å². The number of amides is 2. The third-order valence-electron chi connectivity index (χ3n) is 4.70. The molecule has 1 heterocycles. The lowest BCUT2D eigenvalue weighted by Crippen LogP contribution is -2.33. The third-order valence-corrected chi connectivity index (χ3v) is 5.88. The minimum Gasteiger partial charge on any atom is -0.424 e. The number of amidine groups is 1. The zero-order chi connectivity index (χ0) is 22.5. The Balaban J connectivity index is 1.75. The van der Waals surface area contributed by atoms with Gasteiger partial charge in [-0.1, -0.05) is 36.0 Å². The zero-order valence-electron chi connectivity index (χ0n) is 18.0. The average molecular weight is 440 g/mol. The van der Waals surface area contributed by atoms with Crippen LogP contribution in [-0.4, -0.2) is 39.6 Å². The molecular formula is C23H25N3O4S. The van der Waals surface area contributed by atoms with E-state index in [1.165, 1.54) is 18.7 Å². The zero-order valence-corrected chi connectivity index (χ0v) is 18.8. The van der Waals surface area contributed by atoms with Gasteiger partial charge in [-0.15, -0.1) is 0 Å². The van der Waals surface area contributed by atoms with Gasteiger partial charge in [0, 0.05) is 19.9 Å². The Labute approximate surface area is 185 Å². The molecule has 31 heavy (non-hydrogen) atoms. The highest BCUT2D eigenvalue weighted by atomic mass is 32.2. The summed E-state index contributed by atoms with van der Waals surface area (Å²) in [6.07, 6.45) is -0.0137. The second kappa shape index (κ2) is 9.78. The van der Waals surface area contributed by atoms with Crippen LogP contribution >= 0.6 is 11.8 Å². The average Bonchev–Trinajstić information content (AvgIpc) is 3.00. The Kier molecular flexibility index (Phi) is 7.12. The lowest BCUT2D eigenvalue weighted by Gasteiger charge is -2.14. The maximum absolute atomic E-state index is 12.9. The summed E-state index contributed by atoms with van der Waals surface area (Å²) in [6, 6.07) is 12.7. The van der Waals surface area contributed by atoms with Gasteiger partial charge in [-0.2, -0.15) is 0 Å². The van der Waals surface area contributed by atoms with Crippen molar-refractivity contribution in [2.24, 2.45) is 4.99 Å². The molecular weight excluding hydrogens is 414 g/mol. The minimum atomic E-state index is -0.565. The van der Waals surface area contributed by atoms with Crippen molar-refractivity contribution >= 4 is 46.1 Å². The van der Waals surface area contributed by atoms with Crippen LogP contribution in [0.25, 0.3) is 0 Å². The second-order valence-electron chi connectivity index (χ2n) is 7.22. The van der Waals surface area contributed by atoms with Gasteiger partial charge >= 0.3 is 5.97 Å². The monoisotopic (exact) mass is 439 g/mol. The number of hydrogen-bond acceptors (Lipinski definition) is 6. The first-order chi connectivity index (χ1) is 14.8. The number of carbonyl (C=O) groups is 3. The number of rotatable bonds is 6. The highest BCUT2D eigenvalue weighted by molar-refractivity contribution is 8.15. The third kappa shape index (κ3) is 5.52. The van der Waals surface area contributed by atoms with Crippen LogP contribution in [0.2, 0.25) is 0 Å². The Bertz CT molecular complexity index is 1050. The van der Waals surface area contributed by atoms with Crippen molar-refractivity contribution in [3.63, 3.8) is 0 Å². The molecule has 0 aliphatic carbocycles. The van der Waals surface area contributed by atoms with Crippen LogP contribution in [0.1, 0.15) is 31.4 Å². The van der Waals surface area contributed by atoms with Crippen molar-refractivity contribution in [3.8, 4) is 5.75 Å². The summed E-state index contributed by atoms with van der Waals surface area (Å²) in [4.78, 5) is 43.1. The van der Waals surface area contributed by atoms with Crippen molar-refractivity contribution in [3.05, 3.63) is 53.6 Å². The number of esters is 1. The first-order valence-electron chi connectivity index (χ1n) is 9.99. The van der Waals surface area contributed by atoms with Crippen LogP contribution in [-0.2, 0) is 14.4 Å². The van der Waals surface area contributed by atoms with E-state index in [1.807, 2.05) is 39.0 Å². The second-order valence-corrected chi connectivity index (χ2v) is 8.39. The fraction of sp³-hybridized carbons (Fsp3) is 0.304. The van der Waals surface area contributed by atoms with Crippen LogP contribution in [0.5, 0.6) is 5.75 Å². The van der Waals surface area contributed by atoms with Crippen molar-refractivity contribution in [1.29, 1.82) is 0 Å². The molecule has 2 amide bonds. The Hall–Kier alpha value is -3.13. The summed E-state index contributed by atoms with van der Waals surface area (Å²) in [5.41, 5.74) is 3.30. The molecule has 1 N–H and O–H groups in total. The molecule has 8 heteroatoms. The minimum absolute atomic E-state index is 0.0137. The van der Waals surface area contributed by atoms with Crippen LogP contribution in [0.3, 0.4) is 0 Å². The normalized spacial score (nSPS) is 17.2. The number of anilines is 1. The quantitative estimate of drug-likeness (QED) is 0.538. The lowest BCUT2D eigenvalue weighted by molar-refractivity contribution is -0.132. The van der Waals surface area contributed by atoms with E-state index >= 15 is 0 Å². The highest BCUT2D eigenvalue weighted by Crippen LogP contribution is 2.33. The van der Waals surface area contributed by atoms with Crippen LogP contribution in [0, 0.1) is 13.8 Å². The largest absolute Gasteiger partial charge is 0.424 e. The number of benzene rings is 2. The van der Waals surface area contributed by atoms with E-state index in [4.69, 9.17) is 9.73 Å². The fourth-order valence-electron chi connectivity index (χ4n) is 3.14. The molecule has 2 aromatic carbocycles. The van der Waals surface area contributed by atoms with Crippen molar-refractivity contribution in [2.75, 3.05) is 11.9 Å². The van der Waals surface area contributed by atoms with E-state index < -0.39 is 11.2 Å². The van der Waals surface area contributed by atoms with Crippen LogP contribution in [0.4, 0.5) is 11.4 Å². The first kappa shape index (κ1) is 22.6. The standard InChI is InChI=1S/C23H25N3O4S/c1-5-26-22(29)20(31-23(26)25-18-12-14(2)10-11-15(18)3)13-21(28)24-17-8-6-7-9-19(17)30-16(4)27/h6-12,20H,5,13H2,1-4H3,(H,24,28). The molecule has 1 aliphatic rings. The number of thioether (sulfide) groups is 1. The lowest BCUT2D eigenvalue weighted by atomic mass is 10.1. The molecule has 0 bridgehead atoms. The van der Waals surface area contributed by atoms with Gasteiger partial charge in [0.15, 0.2) is 10.9 Å². The Morgan fingerprint density at radius 3 is 2.65 bits per heavy atom. The van der Waals surface area contributed by atoms with Gasteiger partial charge in [-0.05, 0) is 50.1 Å². The summed E-state index contributed by atoms with van der Waals surface area (Å²) in [6.45, 7) is 7.62. The van der Waals surface area contributed by atoms with E-state index in [9.17, 15) is 14.4 Å². The number of nitrogens with one attached hydrogen (secondary N) is 1. The molecule has 1 atom stereocenters. The van der Waals surface area contributed by atoms with E-state index in [0.29, 0.717) is 17.4 Å². The number of para-hydroxylation sites is 2. The maximum Gasteiger partial charge on any atom is 0.308 e. The molecule has 1 saturated heterocycles. The molecule has 3 rings (SSSR count). The van der Waals surface area contributed by atoms with E-state index in [2.05, 4.69) is 5.32 Å². The summed E-state index contributed by atoms with van der Waals surface area (Å²) >= 11 is 1.29. The van der Waals surface area contributed by atoms with Gasteiger partial charge in [-0.25, -0.2) is 4.99 Å². The van der Waals surface area contributed by atoms with Gasteiger partial charge in [0.25, 0.3) is 0 Å². The van der Waals surface area contributed by atoms with Gasteiger partial charge < -0.3 is 10.1 Å². The van der Waals surface area contributed by atoms with Crippen LogP contribution < -0.4 is 10.1 Å². The molecule has 2 aromatic rings. The molecule has 0 radical (unpaired) electrons. The summed E-state index contributed by atoms with van der Waals surface area (Å²) in [7, 11) is 0. The molecule has 0 saturated carbocycles. The predicted octanol–water partition coefficient (Wildman–Crippen LogP) is 4.21. The number of ether oxygens (including phenoxy) is 1. The van der Waals surface area contributed by atoms with Gasteiger partial charge in [0.1, 0.15) is 5.25 Å². The highest BCUT2D eigenvalue weighted by Gasteiger charge is 2.38. The number of hydrogen-bond donors (Lipinski definition) is 1. The molecule has 0 aromatic heterocycles. The first-order valence-corrected chi connectivity index (χ1v) is 10.9. The number of carbonyl (C=O) groups excluding carboxylic acids is 3. The molecule has 162 valence electrons. The Morgan fingerprint density at radius 2 is 1.94 bits per heavy atom. The SMILES string of the molecule is CCN1C(=O)C(CC(=O)Nc2ccccc2OC(C)=O)SC1=Nc1cc(C)ccc1C. The summed E-state index contributed by atoms with van der Waals surface area (Å²) in [5.74, 6) is -0.690. The van der Waals surface area contributed by atoms with Gasteiger partial charge in [-0.3, -0.25) is 19.3 Å². The molecule has 1 aliphatic heterocycles. The number of nitrogens with zero attached hydrogens (tertiary/aromatic N) is 2. The van der Waals surface area contributed by atoms with Gasteiger partial charge in [0.2, 0.25) is 11.8 Å². The van der Waals surface area contributed by atoms with E-state index in [-0.39, 0.29) is 24.0 Å². The predicted molar refractivity (Wildman–Crippen MR) is 123 cm³/mol. The molecule has 1 unspecified atom stereocenters. The van der Waals surface area contributed by atoms with Crippen molar-refractivity contribution in [2.45, 2.75) is 39.4 Å². The smallest absolute Gasteiger partial charge is 0.308 e. The summed E-state index contributed by atoms with van der Waals surface area (Å²) < 4.78 is 5.12. The Morgan fingerprint density at radius 1 is 1.19 bits per heavy atom. The van der Waals surface area contributed by atoms with E-state index in [0.717, 1.165) is 16.8 Å². The number of aliphatic imine (C=N–C) groups is 1. The summed E-state index contributed by atoms with van der Waals surface area (Å²) in [5, 5.41) is 2.77. The topological polar surface area (TPSA) is 88.1 Å².